The van der Waals surface area contributed by atoms with Crippen molar-refractivity contribution in [2.75, 3.05) is 17.7 Å². The molecule has 1 aromatic carbocycles. The average Bonchev–Trinajstić information content (AvgIpc) is 3.33. The van der Waals surface area contributed by atoms with Crippen molar-refractivity contribution >= 4 is 40.2 Å². The number of hydrogen-bond donors (Lipinski definition) is 2. The summed E-state index contributed by atoms with van der Waals surface area (Å²) in [5.41, 5.74) is 9.29. The van der Waals surface area contributed by atoms with Crippen molar-refractivity contribution in [2.24, 2.45) is 0 Å². The number of nitrogens with one attached hydrogen (secondary N) is 1. The number of amides is 1. The highest BCUT2D eigenvalue weighted by molar-refractivity contribution is 5.86. The number of fused-ring (bicyclic) bond motifs is 2. The van der Waals surface area contributed by atoms with Gasteiger partial charge in [0.1, 0.15) is 23.9 Å². The second kappa shape index (κ2) is 7.95. The number of aromatic amines is 1. The number of aromatic nitrogens is 5. The molecule has 31 heavy (non-hydrogen) atoms. The first-order chi connectivity index (χ1) is 15.1. The van der Waals surface area contributed by atoms with E-state index >= 15 is 0 Å². The van der Waals surface area contributed by atoms with Crippen LogP contribution in [0.15, 0.2) is 24.4 Å². The lowest BCUT2D eigenvalue weighted by Gasteiger charge is -2.16. The lowest BCUT2D eigenvalue weighted by molar-refractivity contribution is -0.676. The highest BCUT2D eigenvalue weighted by atomic mass is 16.5. The molecule has 4 rings (SSSR count). The Bertz CT molecular complexity index is 1330. The highest BCUT2D eigenvalue weighted by Gasteiger charge is 2.27. The summed E-state index contributed by atoms with van der Waals surface area (Å²) in [6.07, 6.45) is 2.20. The van der Waals surface area contributed by atoms with Crippen molar-refractivity contribution in [3.8, 4) is 11.8 Å². The Labute approximate surface area is 178 Å². The fourth-order valence-corrected chi connectivity index (χ4v) is 3.92. The zero-order valence-corrected chi connectivity index (χ0v) is 17.6. The molecule has 10 heteroatoms. The van der Waals surface area contributed by atoms with E-state index in [2.05, 4.69) is 37.1 Å². The highest BCUT2D eigenvalue weighted by Crippen LogP contribution is 2.26. The van der Waals surface area contributed by atoms with Crippen molar-refractivity contribution in [1.29, 1.82) is 5.26 Å². The summed E-state index contributed by atoms with van der Waals surface area (Å²) in [5, 5.41) is 9.31. The van der Waals surface area contributed by atoms with Gasteiger partial charge in [-0.3, -0.25) is 9.69 Å². The molecule has 0 atom stereocenters. The van der Waals surface area contributed by atoms with Crippen LogP contribution in [0.1, 0.15) is 25.2 Å². The van der Waals surface area contributed by atoms with Crippen LogP contribution in [0, 0.1) is 11.3 Å². The third-order valence-corrected chi connectivity index (χ3v) is 5.36. The van der Waals surface area contributed by atoms with Gasteiger partial charge in [-0.1, -0.05) is 0 Å². The van der Waals surface area contributed by atoms with Gasteiger partial charge in [-0.15, -0.1) is 0 Å². The first-order valence-corrected chi connectivity index (χ1v) is 9.91. The quantitative estimate of drug-likeness (QED) is 0.347. The number of nitrogens with zero attached hydrogens (tertiary/aromatic N) is 6. The van der Waals surface area contributed by atoms with Crippen LogP contribution in [0.5, 0.6) is 5.75 Å². The molecule has 0 aliphatic carbocycles. The summed E-state index contributed by atoms with van der Waals surface area (Å²) < 4.78 is 9.68. The Morgan fingerprint density at radius 2 is 2.19 bits per heavy atom. The van der Waals surface area contributed by atoms with Gasteiger partial charge in [0, 0.05) is 12.3 Å². The van der Waals surface area contributed by atoms with E-state index in [4.69, 9.17) is 10.5 Å². The molecule has 3 aromatic heterocycles. The zero-order chi connectivity index (χ0) is 22.1. The third kappa shape index (κ3) is 3.20. The zero-order valence-electron chi connectivity index (χ0n) is 17.6. The average molecular weight is 419 g/mol. The predicted molar refractivity (Wildman–Crippen MR) is 115 cm³/mol. The normalized spacial score (nSPS) is 11.0. The number of nitrogens with two attached hydrogens (primary N) is 1. The minimum Gasteiger partial charge on any atom is -0.497 e. The van der Waals surface area contributed by atoms with Gasteiger partial charge in [0.25, 0.3) is 5.82 Å². The number of benzene rings is 1. The molecule has 0 bridgehead atoms. The van der Waals surface area contributed by atoms with E-state index in [1.807, 2.05) is 25.1 Å². The van der Waals surface area contributed by atoms with Crippen LogP contribution in [-0.4, -0.2) is 33.0 Å². The fourth-order valence-electron chi connectivity index (χ4n) is 3.92. The molecule has 1 amide bonds. The standard InChI is InChI=1S/C21H23N8O2/c1-4-28-15-7-6-14(31-3)8-16(15)29(5-2)17(28)11-27(12-30)21-19(23)26-20-18(25-21)13(9-22)10-24-20/h6-8,10,12H,4-5,11H2,1-3H3,(H3,23,24,26)/q+1. The van der Waals surface area contributed by atoms with Gasteiger partial charge >= 0.3 is 0 Å². The van der Waals surface area contributed by atoms with Gasteiger partial charge in [-0.2, -0.15) is 5.26 Å². The molecule has 0 aliphatic rings. The Balaban J connectivity index is 1.86. The Morgan fingerprint density at radius 1 is 1.39 bits per heavy atom. The number of imidazole rings is 1. The molecule has 0 unspecified atom stereocenters. The maximum Gasteiger partial charge on any atom is 0.277 e. The number of aryl methyl sites for hydroxylation is 2. The van der Waals surface area contributed by atoms with Crippen LogP contribution in [0.2, 0.25) is 0 Å². The number of carbonyl (C=O) groups is 1. The Hall–Kier alpha value is -4.13. The van der Waals surface area contributed by atoms with E-state index in [0.29, 0.717) is 36.2 Å². The summed E-state index contributed by atoms with van der Waals surface area (Å²) in [6.45, 7) is 5.76. The van der Waals surface area contributed by atoms with Gasteiger partial charge in [-0.25, -0.2) is 19.1 Å². The maximum absolute atomic E-state index is 12.1. The van der Waals surface area contributed by atoms with Gasteiger partial charge in [0.05, 0.1) is 25.8 Å². The van der Waals surface area contributed by atoms with Crippen LogP contribution >= 0.6 is 0 Å². The molecule has 0 radical (unpaired) electrons. The number of anilines is 2. The number of nitriles is 1. The van der Waals surface area contributed by atoms with E-state index < -0.39 is 0 Å². The lowest BCUT2D eigenvalue weighted by atomic mass is 10.3. The largest absolute Gasteiger partial charge is 0.497 e. The van der Waals surface area contributed by atoms with Crippen LogP contribution < -0.4 is 19.9 Å². The fraction of sp³-hybridized carbons (Fsp3) is 0.286. The molecule has 158 valence electrons. The maximum atomic E-state index is 12.1. The summed E-state index contributed by atoms with van der Waals surface area (Å²) >= 11 is 0. The monoisotopic (exact) mass is 419 g/mol. The van der Waals surface area contributed by atoms with Crippen LogP contribution in [0.4, 0.5) is 11.6 Å². The molecule has 0 saturated carbocycles. The number of ether oxygens (including phenoxy) is 1. The second-order valence-corrected chi connectivity index (χ2v) is 6.94. The molecule has 10 nitrogen and oxygen atoms in total. The first-order valence-electron chi connectivity index (χ1n) is 9.91. The van der Waals surface area contributed by atoms with Crippen molar-refractivity contribution in [2.45, 2.75) is 33.5 Å². The van der Waals surface area contributed by atoms with Crippen molar-refractivity contribution < 1.29 is 14.1 Å². The minimum absolute atomic E-state index is 0.106. The minimum atomic E-state index is 0.106. The number of hydrogen-bond acceptors (Lipinski definition) is 6. The van der Waals surface area contributed by atoms with E-state index in [0.717, 1.165) is 22.6 Å². The molecule has 4 aromatic rings. The van der Waals surface area contributed by atoms with Gasteiger partial charge < -0.3 is 15.5 Å². The summed E-state index contributed by atoms with van der Waals surface area (Å²) in [5.74, 6) is 2.00. The Morgan fingerprint density at radius 3 is 2.84 bits per heavy atom. The number of nitrogen functional groups attached to an aromatic ring is 1. The van der Waals surface area contributed by atoms with E-state index in [1.165, 1.54) is 11.1 Å². The molecule has 3 N–H and O–H groups in total. The summed E-state index contributed by atoms with van der Waals surface area (Å²) in [7, 11) is 1.64. The molecular weight excluding hydrogens is 396 g/mol. The third-order valence-electron chi connectivity index (χ3n) is 5.36. The van der Waals surface area contributed by atoms with Gasteiger partial charge in [0.15, 0.2) is 28.3 Å². The summed E-state index contributed by atoms with van der Waals surface area (Å²) in [4.78, 5) is 25.2. The van der Waals surface area contributed by atoms with E-state index in [1.54, 1.807) is 7.11 Å². The molecule has 0 spiro atoms. The van der Waals surface area contributed by atoms with Crippen LogP contribution in [-0.2, 0) is 24.4 Å². The Kier molecular flexibility index (Phi) is 5.17. The van der Waals surface area contributed by atoms with Crippen LogP contribution in [0.3, 0.4) is 0 Å². The molecule has 0 saturated heterocycles. The SMILES string of the molecule is CCn1c(CN(C=O)c2nc3c(C#N)c[nH]c3nc2N)[n+](CC)c2ccc(OC)cc21. The topological polar surface area (TPSA) is 130 Å². The molecule has 0 aliphatic heterocycles. The van der Waals surface area contributed by atoms with Gasteiger partial charge in [0.2, 0.25) is 6.41 Å². The number of carbonyl (C=O) groups excluding carboxylic acids is 1. The second-order valence-electron chi connectivity index (χ2n) is 6.94. The molecule has 0 fully saturated rings. The number of methoxy groups -OCH3 is 1. The molecule has 3 heterocycles. The van der Waals surface area contributed by atoms with E-state index in [9.17, 15) is 10.1 Å². The molecular formula is C21H23N8O2+. The van der Waals surface area contributed by atoms with Crippen molar-refractivity contribution in [3.05, 3.63) is 35.8 Å². The first kappa shape index (κ1) is 20.2. The summed E-state index contributed by atoms with van der Waals surface area (Å²) in [6, 6.07) is 7.98. The predicted octanol–water partition coefficient (Wildman–Crippen LogP) is 1.87. The van der Waals surface area contributed by atoms with E-state index in [-0.39, 0.29) is 18.2 Å². The number of rotatable bonds is 7. The van der Waals surface area contributed by atoms with Crippen LogP contribution in [0.25, 0.3) is 22.2 Å². The van der Waals surface area contributed by atoms with Gasteiger partial charge in [-0.05, 0) is 26.0 Å². The lowest BCUT2D eigenvalue weighted by Crippen LogP contribution is -2.40. The van der Waals surface area contributed by atoms with Crippen molar-refractivity contribution in [3.63, 3.8) is 0 Å². The van der Waals surface area contributed by atoms with Crippen molar-refractivity contribution in [1.82, 2.24) is 19.5 Å². The smallest absolute Gasteiger partial charge is 0.277 e. The number of H-pyrrole nitrogens is 1.